The van der Waals surface area contributed by atoms with Crippen molar-refractivity contribution in [2.24, 2.45) is 17.4 Å². The van der Waals surface area contributed by atoms with E-state index in [0.29, 0.717) is 32.2 Å². The molecule has 7 atom stereocenters. The number of carboxylic acids is 2. The highest BCUT2D eigenvalue weighted by Crippen LogP contribution is 2.19. The number of amides is 5. The van der Waals surface area contributed by atoms with E-state index >= 15 is 0 Å². The number of hydrogen-bond donors (Lipinski definition) is 10. The summed E-state index contributed by atoms with van der Waals surface area (Å²) in [4.78, 5) is 89.4. The molecule has 0 radical (unpaired) electrons. The molecule has 5 amide bonds. The molecule has 1 aliphatic rings. The van der Waals surface area contributed by atoms with Gasteiger partial charge in [-0.1, -0.05) is 20.3 Å². The summed E-state index contributed by atoms with van der Waals surface area (Å²) in [6, 6.07) is -8.04. The first-order chi connectivity index (χ1) is 22.0. The third kappa shape index (κ3) is 13.8. The van der Waals surface area contributed by atoms with Crippen LogP contribution < -0.4 is 32.7 Å². The summed E-state index contributed by atoms with van der Waals surface area (Å²) in [7, 11) is 0. The summed E-state index contributed by atoms with van der Waals surface area (Å²) in [6.07, 6.45) is -0.112. The van der Waals surface area contributed by atoms with Crippen LogP contribution in [-0.4, -0.2) is 129 Å². The van der Waals surface area contributed by atoms with Crippen LogP contribution in [0.2, 0.25) is 0 Å². The maximum Gasteiger partial charge on any atom is 0.326 e. The van der Waals surface area contributed by atoms with Crippen LogP contribution in [0.5, 0.6) is 0 Å². The standard InChI is InChI=1S/C29H51N7O11/c1-15(2)13-19(29(46)47)33-27(44)23(16(3)38)35-24(41)18(9-10-22(39)40)32-25(42)20(14-37)34-26(43)21-8-6-12-36(21)28(45)17(31)7-4-5-11-30/h15-21,23,37-38H,4-14,30-31H2,1-3H3,(H,32,42)(H,33,44)(H,34,43)(H,35,41)(H,39,40)(H,46,47)/t16-,17+,18+,19+,20+,21+,23+/m1/s1. The summed E-state index contributed by atoms with van der Waals surface area (Å²) in [6.45, 7) is 4.42. The molecule has 1 heterocycles. The number of nitrogens with two attached hydrogens (primary N) is 2. The molecule has 1 rings (SSSR count). The molecule has 18 nitrogen and oxygen atoms in total. The molecule has 1 saturated heterocycles. The second-order valence-corrected chi connectivity index (χ2v) is 12.1. The van der Waals surface area contributed by atoms with E-state index < -0.39 is 103 Å². The van der Waals surface area contributed by atoms with Crippen molar-refractivity contribution in [3.63, 3.8) is 0 Å². The molecular formula is C29H51N7O11. The Hall–Kier alpha value is -3.87. The van der Waals surface area contributed by atoms with Crippen molar-refractivity contribution in [3.05, 3.63) is 0 Å². The van der Waals surface area contributed by atoms with Crippen molar-refractivity contribution in [1.29, 1.82) is 0 Å². The molecule has 0 saturated carbocycles. The topological polar surface area (TPSA) is 304 Å². The number of nitrogens with zero attached hydrogens (tertiary/aromatic N) is 1. The Morgan fingerprint density at radius 3 is 2.00 bits per heavy atom. The fourth-order valence-electron chi connectivity index (χ4n) is 5.03. The highest BCUT2D eigenvalue weighted by Gasteiger charge is 2.38. The van der Waals surface area contributed by atoms with Gasteiger partial charge in [-0.3, -0.25) is 28.8 Å². The molecule has 12 N–H and O–H groups in total. The number of aliphatic hydroxyl groups excluding tert-OH is 2. The van der Waals surface area contributed by atoms with Crippen LogP contribution >= 0.6 is 0 Å². The van der Waals surface area contributed by atoms with E-state index in [0.717, 1.165) is 6.92 Å². The predicted molar refractivity (Wildman–Crippen MR) is 166 cm³/mol. The predicted octanol–water partition coefficient (Wildman–Crippen LogP) is -3.26. The molecule has 47 heavy (non-hydrogen) atoms. The van der Waals surface area contributed by atoms with Gasteiger partial charge < -0.3 is 58.1 Å². The van der Waals surface area contributed by atoms with E-state index in [1.54, 1.807) is 13.8 Å². The summed E-state index contributed by atoms with van der Waals surface area (Å²) < 4.78 is 0. The lowest BCUT2D eigenvalue weighted by Gasteiger charge is -2.29. The van der Waals surface area contributed by atoms with Crippen molar-refractivity contribution in [2.45, 2.75) is 114 Å². The molecule has 268 valence electrons. The Morgan fingerprint density at radius 1 is 0.851 bits per heavy atom. The maximum atomic E-state index is 13.2. The molecule has 18 heteroatoms. The number of unbranched alkanes of at least 4 members (excludes halogenated alkanes) is 1. The van der Waals surface area contributed by atoms with Gasteiger partial charge in [-0.2, -0.15) is 0 Å². The molecule has 0 aromatic heterocycles. The lowest BCUT2D eigenvalue weighted by Crippen LogP contribution is -2.61. The Labute approximate surface area is 273 Å². The van der Waals surface area contributed by atoms with Gasteiger partial charge >= 0.3 is 11.9 Å². The van der Waals surface area contributed by atoms with Crippen molar-refractivity contribution >= 4 is 41.5 Å². The SMILES string of the molecule is CC(C)C[C@H](NC(=O)[C@@H](NC(=O)[C@H](CCC(=O)O)NC(=O)[C@H](CO)NC(=O)[C@@H]1CCCN1C(=O)[C@@H](N)CCCCN)[C@@H](C)O)C(=O)O. The summed E-state index contributed by atoms with van der Waals surface area (Å²) in [5.41, 5.74) is 11.5. The number of likely N-dealkylation sites (tertiary alicyclic amines) is 1. The zero-order valence-electron chi connectivity index (χ0n) is 27.1. The van der Waals surface area contributed by atoms with Gasteiger partial charge in [0.2, 0.25) is 29.5 Å². The smallest absolute Gasteiger partial charge is 0.326 e. The third-order valence-corrected chi connectivity index (χ3v) is 7.60. The van der Waals surface area contributed by atoms with Gasteiger partial charge in [0.05, 0.1) is 18.8 Å². The number of nitrogens with one attached hydrogen (secondary N) is 4. The third-order valence-electron chi connectivity index (χ3n) is 7.60. The van der Waals surface area contributed by atoms with Crippen LogP contribution in [0.4, 0.5) is 0 Å². The van der Waals surface area contributed by atoms with Crippen LogP contribution in [0.1, 0.15) is 72.1 Å². The van der Waals surface area contributed by atoms with Crippen LogP contribution in [0.3, 0.4) is 0 Å². The molecule has 1 fully saturated rings. The molecular weight excluding hydrogens is 622 g/mol. The van der Waals surface area contributed by atoms with Gasteiger partial charge in [-0.05, 0) is 57.9 Å². The summed E-state index contributed by atoms with van der Waals surface area (Å²) in [5.74, 6) is -7.14. The number of aliphatic carboxylic acids is 2. The van der Waals surface area contributed by atoms with Crippen molar-refractivity contribution in [3.8, 4) is 0 Å². The van der Waals surface area contributed by atoms with E-state index in [1.165, 1.54) is 4.90 Å². The second kappa shape index (κ2) is 20.4. The Balaban J connectivity index is 3.04. The maximum absolute atomic E-state index is 13.2. The van der Waals surface area contributed by atoms with E-state index in [1.807, 2.05) is 0 Å². The summed E-state index contributed by atoms with van der Waals surface area (Å²) >= 11 is 0. The highest BCUT2D eigenvalue weighted by molar-refractivity contribution is 5.96. The Bertz CT molecular complexity index is 1100. The first-order valence-corrected chi connectivity index (χ1v) is 15.7. The van der Waals surface area contributed by atoms with Gasteiger partial charge in [-0.25, -0.2) is 4.79 Å². The molecule has 1 aliphatic heterocycles. The molecule has 0 aliphatic carbocycles. The molecule has 0 bridgehead atoms. The minimum absolute atomic E-state index is 0.0570. The zero-order chi connectivity index (χ0) is 35.8. The Kier molecular flexibility index (Phi) is 17.8. The average Bonchev–Trinajstić information content (AvgIpc) is 3.49. The van der Waals surface area contributed by atoms with Gasteiger partial charge in [0.15, 0.2) is 0 Å². The van der Waals surface area contributed by atoms with E-state index in [2.05, 4.69) is 21.3 Å². The van der Waals surface area contributed by atoms with Crippen LogP contribution in [-0.2, 0) is 33.6 Å². The molecule has 0 spiro atoms. The van der Waals surface area contributed by atoms with E-state index in [9.17, 15) is 54.0 Å². The number of carbonyl (C=O) groups is 7. The molecule has 0 aromatic carbocycles. The van der Waals surface area contributed by atoms with Crippen LogP contribution in [0, 0.1) is 5.92 Å². The normalized spacial score (nSPS) is 18.3. The first-order valence-electron chi connectivity index (χ1n) is 15.7. The second-order valence-electron chi connectivity index (χ2n) is 12.1. The first kappa shape index (κ1) is 41.2. The lowest BCUT2D eigenvalue weighted by atomic mass is 10.0. The number of carbonyl (C=O) groups excluding carboxylic acids is 5. The largest absolute Gasteiger partial charge is 0.481 e. The van der Waals surface area contributed by atoms with E-state index in [-0.39, 0.29) is 25.3 Å². The molecule has 0 aromatic rings. The highest BCUT2D eigenvalue weighted by atomic mass is 16.4. The van der Waals surface area contributed by atoms with E-state index in [4.69, 9.17) is 11.5 Å². The minimum Gasteiger partial charge on any atom is -0.481 e. The van der Waals surface area contributed by atoms with Gasteiger partial charge in [-0.15, -0.1) is 0 Å². The van der Waals surface area contributed by atoms with Crippen molar-refractivity contribution in [2.75, 3.05) is 19.7 Å². The lowest BCUT2D eigenvalue weighted by molar-refractivity contribution is -0.143. The quantitative estimate of drug-likeness (QED) is 0.0536. The fraction of sp³-hybridized carbons (Fsp3) is 0.759. The van der Waals surface area contributed by atoms with Crippen molar-refractivity contribution < 1.29 is 54.0 Å². The average molecular weight is 674 g/mol. The van der Waals surface area contributed by atoms with Crippen LogP contribution in [0.15, 0.2) is 0 Å². The number of rotatable bonds is 21. The Morgan fingerprint density at radius 2 is 1.47 bits per heavy atom. The summed E-state index contributed by atoms with van der Waals surface area (Å²) in [5, 5.41) is 47.8. The zero-order valence-corrected chi connectivity index (χ0v) is 27.1. The monoisotopic (exact) mass is 673 g/mol. The molecule has 0 unspecified atom stereocenters. The fourth-order valence-corrected chi connectivity index (χ4v) is 5.03. The van der Waals surface area contributed by atoms with Crippen LogP contribution in [0.25, 0.3) is 0 Å². The number of aliphatic hydroxyl groups is 2. The van der Waals surface area contributed by atoms with Gasteiger partial charge in [0.1, 0.15) is 30.2 Å². The van der Waals surface area contributed by atoms with Gasteiger partial charge in [0.25, 0.3) is 0 Å². The number of hydrogen-bond acceptors (Lipinski definition) is 11. The van der Waals surface area contributed by atoms with Crippen molar-refractivity contribution in [1.82, 2.24) is 26.2 Å². The minimum atomic E-state index is -1.68. The number of carboxylic acid groups (broad SMARTS) is 2. The van der Waals surface area contributed by atoms with Gasteiger partial charge in [0, 0.05) is 13.0 Å².